The molecule has 1 aliphatic rings. The molecule has 5 heteroatoms. The van der Waals surface area contributed by atoms with Gasteiger partial charge in [-0.1, -0.05) is 6.42 Å². The first-order valence-electron chi connectivity index (χ1n) is 6.16. The number of rotatable bonds is 5. The van der Waals surface area contributed by atoms with Crippen LogP contribution in [-0.4, -0.2) is 41.2 Å². The summed E-state index contributed by atoms with van der Waals surface area (Å²) in [5, 5.41) is 12.2. The summed E-state index contributed by atoms with van der Waals surface area (Å²) >= 11 is 1.57. The van der Waals surface area contributed by atoms with Gasteiger partial charge in [0.05, 0.1) is 12.0 Å². The Morgan fingerprint density at radius 1 is 1.71 bits per heavy atom. The van der Waals surface area contributed by atoms with E-state index in [1.165, 1.54) is 0 Å². The largest absolute Gasteiger partial charge is 0.395 e. The smallest absolute Gasteiger partial charge is 0.227 e. The first-order valence-corrected chi connectivity index (χ1v) is 7.44. The highest BCUT2D eigenvalue weighted by molar-refractivity contribution is 7.99. The van der Waals surface area contributed by atoms with E-state index in [9.17, 15) is 9.90 Å². The molecule has 4 nitrogen and oxygen atoms in total. The van der Waals surface area contributed by atoms with E-state index >= 15 is 0 Å². The van der Waals surface area contributed by atoms with E-state index in [4.69, 9.17) is 5.73 Å². The standard InChI is InChI=1S/C12H24N2O2S/c1-8(9(7-15)17-3)14-11(16)12(2)6-4-5-10(12)13/h8-10,15H,4-7,13H2,1-3H3,(H,14,16). The number of nitrogens with one attached hydrogen (secondary N) is 1. The van der Waals surface area contributed by atoms with Crippen LogP contribution < -0.4 is 11.1 Å². The topological polar surface area (TPSA) is 75.3 Å². The summed E-state index contributed by atoms with van der Waals surface area (Å²) in [4.78, 5) is 12.2. The van der Waals surface area contributed by atoms with E-state index in [1.54, 1.807) is 11.8 Å². The Kier molecular flexibility index (Phi) is 5.28. The minimum absolute atomic E-state index is 0.0301. The van der Waals surface area contributed by atoms with Gasteiger partial charge in [0.2, 0.25) is 5.91 Å². The zero-order chi connectivity index (χ0) is 13.1. The number of aliphatic hydroxyl groups excluding tert-OH is 1. The molecule has 0 aromatic carbocycles. The van der Waals surface area contributed by atoms with Crippen molar-refractivity contribution in [1.82, 2.24) is 5.32 Å². The molecule has 0 bridgehead atoms. The molecule has 4 unspecified atom stereocenters. The zero-order valence-electron chi connectivity index (χ0n) is 10.9. The molecule has 4 atom stereocenters. The highest BCUT2D eigenvalue weighted by Gasteiger charge is 2.43. The third kappa shape index (κ3) is 3.14. The van der Waals surface area contributed by atoms with Gasteiger partial charge in [-0.25, -0.2) is 0 Å². The van der Waals surface area contributed by atoms with Crippen LogP contribution in [0, 0.1) is 5.41 Å². The second kappa shape index (κ2) is 6.07. The van der Waals surface area contributed by atoms with Crippen LogP contribution in [-0.2, 0) is 4.79 Å². The molecule has 1 aliphatic carbocycles. The van der Waals surface area contributed by atoms with Crippen LogP contribution in [0.2, 0.25) is 0 Å². The summed E-state index contributed by atoms with van der Waals surface area (Å²) in [5.41, 5.74) is 5.58. The molecule has 0 radical (unpaired) electrons. The summed E-state index contributed by atoms with van der Waals surface area (Å²) in [6.45, 7) is 3.95. The maximum atomic E-state index is 12.2. The molecule has 0 aliphatic heterocycles. The van der Waals surface area contributed by atoms with Crippen molar-refractivity contribution in [2.24, 2.45) is 11.1 Å². The lowest BCUT2D eigenvalue weighted by Crippen LogP contribution is -2.52. The van der Waals surface area contributed by atoms with Crippen LogP contribution in [0.3, 0.4) is 0 Å². The Balaban J connectivity index is 2.59. The number of carbonyl (C=O) groups excluding carboxylic acids is 1. The number of hydrogen-bond acceptors (Lipinski definition) is 4. The fraction of sp³-hybridized carbons (Fsp3) is 0.917. The van der Waals surface area contributed by atoms with Crippen molar-refractivity contribution in [2.75, 3.05) is 12.9 Å². The van der Waals surface area contributed by atoms with Gasteiger partial charge in [0.1, 0.15) is 0 Å². The molecule has 4 N–H and O–H groups in total. The number of carbonyl (C=O) groups is 1. The van der Waals surface area contributed by atoms with Crippen LogP contribution in [0.1, 0.15) is 33.1 Å². The van der Waals surface area contributed by atoms with Crippen LogP contribution in [0.25, 0.3) is 0 Å². The zero-order valence-corrected chi connectivity index (χ0v) is 11.7. The van der Waals surface area contributed by atoms with Crippen molar-refractivity contribution in [3.63, 3.8) is 0 Å². The molecule has 1 rings (SSSR count). The molecular weight excluding hydrogens is 236 g/mol. The Labute approximate surface area is 108 Å². The van der Waals surface area contributed by atoms with Crippen molar-refractivity contribution < 1.29 is 9.90 Å². The van der Waals surface area contributed by atoms with E-state index in [0.717, 1.165) is 19.3 Å². The van der Waals surface area contributed by atoms with Crippen LogP contribution in [0.5, 0.6) is 0 Å². The lowest BCUT2D eigenvalue weighted by Gasteiger charge is -2.31. The fourth-order valence-corrected chi connectivity index (χ4v) is 3.00. The average Bonchev–Trinajstić information content (AvgIpc) is 2.62. The van der Waals surface area contributed by atoms with Crippen LogP contribution in [0.15, 0.2) is 0 Å². The summed E-state index contributed by atoms with van der Waals surface area (Å²) in [7, 11) is 0. The number of thioether (sulfide) groups is 1. The summed E-state index contributed by atoms with van der Waals surface area (Å²) < 4.78 is 0. The van der Waals surface area contributed by atoms with Gasteiger partial charge in [-0.15, -0.1) is 0 Å². The molecule has 0 spiro atoms. The highest BCUT2D eigenvalue weighted by Crippen LogP contribution is 2.37. The molecule has 1 amide bonds. The number of hydrogen-bond donors (Lipinski definition) is 3. The predicted molar refractivity (Wildman–Crippen MR) is 71.9 cm³/mol. The lowest BCUT2D eigenvalue weighted by atomic mass is 9.84. The lowest BCUT2D eigenvalue weighted by molar-refractivity contribution is -0.131. The van der Waals surface area contributed by atoms with Crippen molar-refractivity contribution >= 4 is 17.7 Å². The Morgan fingerprint density at radius 2 is 2.35 bits per heavy atom. The average molecular weight is 260 g/mol. The van der Waals surface area contributed by atoms with E-state index in [0.29, 0.717) is 0 Å². The van der Waals surface area contributed by atoms with Crippen molar-refractivity contribution in [2.45, 2.75) is 50.4 Å². The third-order valence-electron chi connectivity index (χ3n) is 3.95. The highest BCUT2D eigenvalue weighted by atomic mass is 32.2. The van der Waals surface area contributed by atoms with Crippen LogP contribution in [0.4, 0.5) is 0 Å². The quantitative estimate of drug-likeness (QED) is 0.681. The summed E-state index contributed by atoms with van der Waals surface area (Å²) in [6.07, 6.45) is 4.73. The minimum atomic E-state index is -0.438. The van der Waals surface area contributed by atoms with Gasteiger partial charge in [0.25, 0.3) is 0 Å². The van der Waals surface area contributed by atoms with Gasteiger partial charge >= 0.3 is 0 Å². The molecule has 0 aromatic heterocycles. The van der Waals surface area contributed by atoms with Gasteiger partial charge in [-0.3, -0.25) is 4.79 Å². The normalized spacial score (nSPS) is 32.2. The van der Waals surface area contributed by atoms with E-state index in [1.807, 2.05) is 20.1 Å². The van der Waals surface area contributed by atoms with Gasteiger partial charge in [-0.2, -0.15) is 11.8 Å². The van der Waals surface area contributed by atoms with E-state index < -0.39 is 5.41 Å². The summed E-state index contributed by atoms with van der Waals surface area (Å²) in [6, 6.07) is -0.0799. The summed E-state index contributed by atoms with van der Waals surface area (Å²) in [5.74, 6) is 0.0301. The molecule has 100 valence electrons. The second-order valence-electron chi connectivity index (χ2n) is 5.14. The maximum Gasteiger partial charge on any atom is 0.227 e. The number of amides is 1. The predicted octanol–water partition coefficient (Wildman–Crippen LogP) is 0.732. The minimum Gasteiger partial charge on any atom is -0.395 e. The first kappa shape index (κ1) is 14.8. The second-order valence-corrected chi connectivity index (χ2v) is 6.21. The molecule has 0 heterocycles. The van der Waals surface area contributed by atoms with E-state index in [-0.39, 0.29) is 29.8 Å². The van der Waals surface area contributed by atoms with Gasteiger partial charge in [-0.05, 0) is 32.9 Å². The molecular formula is C12H24N2O2S. The molecule has 1 saturated carbocycles. The van der Waals surface area contributed by atoms with Gasteiger partial charge < -0.3 is 16.2 Å². The van der Waals surface area contributed by atoms with Gasteiger partial charge in [0, 0.05) is 17.3 Å². The Bertz CT molecular complexity index is 271. The monoisotopic (exact) mass is 260 g/mol. The maximum absolute atomic E-state index is 12.2. The van der Waals surface area contributed by atoms with Crippen LogP contribution >= 0.6 is 11.8 Å². The van der Waals surface area contributed by atoms with Crippen molar-refractivity contribution in [3.8, 4) is 0 Å². The molecule has 1 fully saturated rings. The number of nitrogens with two attached hydrogens (primary N) is 1. The third-order valence-corrected chi connectivity index (χ3v) is 5.11. The Morgan fingerprint density at radius 3 is 2.76 bits per heavy atom. The molecule has 0 aromatic rings. The van der Waals surface area contributed by atoms with E-state index in [2.05, 4.69) is 5.32 Å². The first-order chi connectivity index (χ1) is 7.95. The fourth-order valence-electron chi connectivity index (χ4n) is 2.38. The SMILES string of the molecule is CSC(CO)C(C)NC(=O)C1(C)CCCC1N. The Hall–Kier alpha value is -0.260. The van der Waals surface area contributed by atoms with Crippen molar-refractivity contribution in [3.05, 3.63) is 0 Å². The molecule has 0 saturated heterocycles. The number of aliphatic hydroxyl groups is 1. The molecule has 17 heavy (non-hydrogen) atoms. The van der Waals surface area contributed by atoms with Gasteiger partial charge in [0.15, 0.2) is 0 Å². The van der Waals surface area contributed by atoms with Crippen molar-refractivity contribution in [1.29, 1.82) is 0 Å².